The Morgan fingerprint density at radius 1 is 1.22 bits per heavy atom. The van der Waals surface area contributed by atoms with Crippen LogP contribution in [0.3, 0.4) is 0 Å². The third kappa shape index (κ3) is 4.06. The molecule has 0 N–H and O–H groups in total. The molecule has 0 fully saturated rings. The van der Waals surface area contributed by atoms with Crippen molar-refractivity contribution in [3.63, 3.8) is 0 Å². The molecule has 2 aromatic carbocycles. The average molecular weight is 388 g/mol. The van der Waals surface area contributed by atoms with Crippen molar-refractivity contribution < 1.29 is 23.5 Å². The van der Waals surface area contributed by atoms with Crippen LogP contribution < -0.4 is 9.54 Å². The predicted molar refractivity (Wildman–Crippen MR) is 99.3 cm³/mol. The number of nitrogens with zero attached hydrogens (tertiary/aromatic N) is 2. The van der Waals surface area contributed by atoms with Crippen LogP contribution in [0.15, 0.2) is 47.5 Å². The molecule has 8 heteroatoms. The van der Waals surface area contributed by atoms with Gasteiger partial charge in [0.25, 0.3) is 5.91 Å². The summed E-state index contributed by atoms with van der Waals surface area (Å²) >= 11 is 1.21. The molecule has 0 saturated carbocycles. The third-order valence-electron chi connectivity index (χ3n) is 3.78. The van der Waals surface area contributed by atoms with E-state index < -0.39 is 17.7 Å². The fourth-order valence-corrected chi connectivity index (χ4v) is 3.59. The summed E-state index contributed by atoms with van der Waals surface area (Å²) in [5, 5.41) is 0. The summed E-state index contributed by atoms with van der Waals surface area (Å²) in [7, 11) is 1.55. The number of amides is 1. The smallest absolute Gasteiger partial charge is 0.326 e. The van der Waals surface area contributed by atoms with Gasteiger partial charge < -0.3 is 14.0 Å². The largest absolute Gasteiger partial charge is 0.497 e. The van der Waals surface area contributed by atoms with Crippen molar-refractivity contribution in [2.45, 2.75) is 13.5 Å². The van der Waals surface area contributed by atoms with Crippen LogP contribution in [-0.2, 0) is 16.1 Å². The van der Waals surface area contributed by atoms with Crippen LogP contribution in [0.1, 0.15) is 17.3 Å². The number of carbonyl (C=O) groups excluding carboxylic acids is 2. The van der Waals surface area contributed by atoms with Gasteiger partial charge in [0.05, 0.1) is 29.5 Å². The van der Waals surface area contributed by atoms with Crippen molar-refractivity contribution in [3.05, 3.63) is 58.6 Å². The first-order valence-electron chi connectivity index (χ1n) is 8.20. The van der Waals surface area contributed by atoms with Gasteiger partial charge in [-0.05, 0) is 37.3 Å². The molecule has 140 valence electrons. The minimum atomic E-state index is -0.718. The number of methoxy groups -OCH3 is 1. The van der Waals surface area contributed by atoms with Crippen molar-refractivity contribution in [3.8, 4) is 5.75 Å². The second-order valence-corrected chi connectivity index (χ2v) is 6.52. The maximum absolute atomic E-state index is 13.9. The Morgan fingerprint density at radius 2 is 2.00 bits per heavy atom. The third-order valence-corrected chi connectivity index (χ3v) is 4.83. The highest BCUT2D eigenvalue weighted by Crippen LogP contribution is 2.23. The zero-order valence-electron chi connectivity index (χ0n) is 14.8. The SMILES string of the molecule is CCOC(=O)Cn1c(=NC(=O)c2ccccc2F)sc2cc(OC)ccc21. The Morgan fingerprint density at radius 3 is 2.70 bits per heavy atom. The minimum absolute atomic E-state index is 0.108. The van der Waals surface area contributed by atoms with Crippen LogP contribution in [0, 0.1) is 5.82 Å². The van der Waals surface area contributed by atoms with E-state index in [9.17, 15) is 14.0 Å². The lowest BCUT2D eigenvalue weighted by molar-refractivity contribution is -0.143. The van der Waals surface area contributed by atoms with Crippen molar-refractivity contribution in [1.82, 2.24) is 4.57 Å². The number of hydrogen-bond acceptors (Lipinski definition) is 5. The van der Waals surface area contributed by atoms with Crippen molar-refractivity contribution in [2.24, 2.45) is 4.99 Å². The predicted octanol–water partition coefficient (Wildman–Crippen LogP) is 3.15. The molecular weight excluding hydrogens is 371 g/mol. The summed E-state index contributed by atoms with van der Waals surface area (Å²) in [6.45, 7) is 1.85. The van der Waals surface area contributed by atoms with E-state index in [-0.39, 0.29) is 23.5 Å². The zero-order valence-corrected chi connectivity index (χ0v) is 15.6. The van der Waals surface area contributed by atoms with E-state index in [1.54, 1.807) is 42.9 Å². The summed E-state index contributed by atoms with van der Waals surface area (Å²) in [5.41, 5.74) is 0.573. The Labute approximate surface area is 158 Å². The summed E-state index contributed by atoms with van der Waals surface area (Å²) in [6.07, 6.45) is 0. The molecule has 3 rings (SSSR count). The maximum Gasteiger partial charge on any atom is 0.326 e. The highest BCUT2D eigenvalue weighted by atomic mass is 32.1. The number of rotatable bonds is 5. The number of esters is 1. The molecule has 0 bridgehead atoms. The van der Waals surface area contributed by atoms with Crippen molar-refractivity contribution in [2.75, 3.05) is 13.7 Å². The highest BCUT2D eigenvalue weighted by molar-refractivity contribution is 7.16. The second kappa shape index (κ2) is 8.13. The molecule has 6 nitrogen and oxygen atoms in total. The van der Waals surface area contributed by atoms with Gasteiger partial charge in [0.2, 0.25) is 0 Å². The lowest BCUT2D eigenvalue weighted by Crippen LogP contribution is -2.23. The first kappa shape index (κ1) is 18.8. The van der Waals surface area contributed by atoms with Gasteiger partial charge in [0, 0.05) is 0 Å². The number of thiazole rings is 1. The van der Waals surface area contributed by atoms with Crippen LogP contribution in [0.25, 0.3) is 10.2 Å². The van der Waals surface area contributed by atoms with Gasteiger partial charge in [-0.1, -0.05) is 23.5 Å². The molecule has 1 heterocycles. The molecule has 0 spiro atoms. The Hall–Kier alpha value is -3.00. The van der Waals surface area contributed by atoms with E-state index in [0.29, 0.717) is 11.3 Å². The number of carbonyl (C=O) groups is 2. The van der Waals surface area contributed by atoms with E-state index >= 15 is 0 Å². The molecule has 0 saturated heterocycles. The topological polar surface area (TPSA) is 69.9 Å². The lowest BCUT2D eigenvalue weighted by atomic mass is 10.2. The molecule has 0 aliphatic heterocycles. The highest BCUT2D eigenvalue weighted by Gasteiger charge is 2.15. The number of benzene rings is 2. The fraction of sp³-hybridized carbons (Fsp3) is 0.211. The van der Waals surface area contributed by atoms with Gasteiger partial charge >= 0.3 is 5.97 Å². The first-order valence-corrected chi connectivity index (χ1v) is 9.01. The Balaban J connectivity index is 2.13. The lowest BCUT2D eigenvalue weighted by Gasteiger charge is -2.05. The molecule has 0 radical (unpaired) electrons. The first-order chi connectivity index (χ1) is 13.0. The van der Waals surface area contributed by atoms with Gasteiger partial charge in [-0.2, -0.15) is 4.99 Å². The van der Waals surface area contributed by atoms with Gasteiger partial charge in [-0.15, -0.1) is 0 Å². The van der Waals surface area contributed by atoms with Crippen LogP contribution >= 0.6 is 11.3 Å². The monoisotopic (exact) mass is 388 g/mol. The summed E-state index contributed by atoms with van der Waals surface area (Å²) in [6, 6.07) is 10.9. The van der Waals surface area contributed by atoms with Gasteiger partial charge in [-0.25, -0.2) is 4.39 Å². The molecule has 1 amide bonds. The number of fused-ring (bicyclic) bond motifs is 1. The molecule has 1 aromatic heterocycles. The van der Waals surface area contributed by atoms with E-state index in [1.165, 1.54) is 29.5 Å². The quantitative estimate of drug-likeness (QED) is 0.630. The average Bonchev–Trinajstić information content (AvgIpc) is 2.98. The molecule has 0 aliphatic carbocycles. The number of hydrogen-bond donors (Lipinski definition) is 0. The Kier molecular flexibility index (Phi) is 5.66. The van der Waals surface area contributed by atoms with E-state index in [2.05, 4.69) is 4.99 Å². The van der Waals surface area contributed by atoms with Crippen LogP contribution in [-0.4, -0.2) is 30.2 Å². The van der Waals surface area contributed by atoms with Gasteiger partial charge in [0.15, 0.2) is 4.80 Å². The minimum Gasteiger partial charge on any atom is -0.497 e. The maximum atomic E-state index is 13.9. The molecule has 27 heavy (non-hydrogen) atoms. The standard InChI is InChI=1S/C19H17FN2O4S/c1-3-26-17(23)11-22-15-9-8-12(25-2)10-16(15)27-19(22)21-18(24)13-6-4-5-7-14(13)20/h4-10H,3,11H2,1-2H3. The van der Waals surface area contributed by atoms with Crippen LogP contribution in [0.2, 0.25) is 0 Å². The summed E-state index contributed by atoms with van der Waals surface area (Å²) < 4.78 is 26.5. The van der Waals surface area contributed by atoms with E-state index in [1.807, 2.05) is 0 Å². The van der Waals surface area contributed by atoms with Crippen LogP contribution in [0.5, 0.6) is 5.75 Å². The number of ether oxygens (including phenoxy) is 2. The Bertz CT molecular complexity index is 1070. The van der Waals surface area contributed by atoms with Gasteiger partial charge in [0.1, 0.15) is 18.1 Å². The normalized spacial score (nSPS) is 11.6. The molecule has 3 aromatic rings. The van der Waals surface area contributed by atoms with Crippen LogP contribution in [0.4, 0.5) is 4.39 Å². The molecule has 0 aliphatic rings. The molecule has 0 atom stereocenters. The summed E-state index contributed by atoms with van der Waals surface area (Å²) in [5.74, 6) is -1.18. The van der Waals surface area contributed by atoms with Crippen molar-refractivity contribution >= 4 is 33.4 Å². The second-order valence-electron chi connectivity index (χ2n) is 5.51. The van der Waals surface area contributed by atoms with Crippen molar-refractivity contribution in [1.29, 1.82) is 0 Å². The molecular formula is C19H17FN2O4S. The number of aromatic nitrogens is 1. The molecule has 0 unspecified atom stereocenters. The summed E-state index contributed by atoms with van der Waals surface area (Å²) in [4.78, 5) is 28.8. The fourth-order valence-electron chi connectivity index (χ4n) is 2.54. The number of halogens is 1. The van der Waals surface area contributed by atoms with E-state index in [4.69, 9.17) is 9.47 Å². The van der Waals surface area contributed by atoms with E-state index in [0.717, 1.165) is 4.70 Å². The zero-order chi connectivity index (χ0) is 19.4. The van der Waals surface area contributed by atoms with Gasteiger partial charge in [-0.3, -0.25) is 9.59 Å².